The number of fused-ring (bicyclic) bond motifs is 1. The number of aromatic nitrogens is 1. The second-order valence-electron chi connectivity index (χ2n) is 4.71. The van der Waals surface area contributed by atoms with Crippen LogP contribution in [0, 0.1) is 0 Å². The van der Waals surface area contributed by atoms with Gasteiger partial charge in [0.2, 0.25) is 0 Å². The molecule has 0 aliphatic carbocycles. The number of hydrogen-bond acceptors (Lipinski definition) is 5. The Labute approximate surface area is 128 Å². The normalized spacial score (nSPS) is 13.6. The van der Waals surface area contributed by atoms with Crippen LogP contribution in [-0.2, 0) is 5.75 Å². The third kappa shape index (κ3) is 3.42. The lowest BCUT2D eigenvalue weighted by molar-refractivity contribution is 0.297. The van der Waals surface area contributed by atoms with Crippen molar-refractivity contribution in [3.63, 3.8) is 0 Å². The molecule has 0 saturated heterocycles. The van der Waals surface area contributed by atoms with Crippen LogP contribution in [0.3, 0.4) is 0 Å². The first kappa shape index (κ1) is 14.1. The smallest absolute Gasteiger partial charge is 0.162 e. The Hall–Kier alpha value is -1.88. The van der Waals surface area contributed by atoms with Gasteiger partial charge < -0.3 is 14.8 Å². The number of benzene rings is 1. The number of anilines is 1. The molecule has 21 heavy (non-hydrogen) atoms. The Morgan fingerprint density at radius 3 is 2.90 bits per heavy atom. The lowest BCUT2D eigenvalue weighted by Crippen LogP contribution is -1.97. The molecule has 0 fully saturated rings. The molecule has 1 aliphatic heterocycles. The monoisotopic (exact) mass is 302 g/mol. The molecule has 110 valence electrons. The topological polar surface area (TPSA) is 43.4 Å². The van der Waals surface area contributed by atoms with E-state index in [1.807, 2.05) is 19.2 Å². The molecule has 0 spiro atoms. The van der Waals surface area contributed by atoms with Gasteiger partial charge in [0.1, 0.15) is 5.82 Å². The molecule has 1 aromatic carbocycles. The zero-order valence-corrected chi connectivity index (χ0v) is 12.8. The molecule has 1 aromatic heterocycles. The van der Waals surface area contributed by atoms with Gasteiger partial charge in [-0.15, -0.1) is 11.8 Å². The van der Waals surface area contributed by atoms with Crippen LogP contribution in [0.1, 0.15) is 12.0 Å². The molecule has 4 nitrogen and oxygen atoms in total. The van der Waals surface area contributed by atoms with Crippen LogP contribution in [0.25, 0.3) is 0 Å². The third-order valence-corrected chi connectivity index (χ3v) is 4.28. The second kappa shape index (κ2) is 6.72. The fraction of sp³-hybridized carbons (Fsp3) is 0.312. The van der Waals surface area contributed by atoms with Crippen molar-refractivity contribution in [2.75, 3.05) is 25.6 Å². The van der Waals surface area contributed by atoms with Crippen molar-refractivity contribution in [2.24, 2.45) is 0 Å². The molecule has 5 heteroatoms. The molecule has 1 aliphatic rings. The lowest BCUT2D eigenvalue weighted by atomic mass is 10.3. The highest BCUT2D eigenvalue weighted by atomic mass is 32.2. The van der Waals surface area contributed by atoms with Gasteiger partial charge in [-0.3, -0.25) is 0 Å². The van der Waals surface area contributed by atoms with Gasteiger partial charge in [-0.25, -0.2) is 4.98 Å². The summed E-state index contributed by atoms with van der Waals surface area (Å²) in [5.41, 5.74) is 1.19. The van der Waals surface area contributed by atoms with Gasteiger partial charge >= 0.3 is 0 Å². The number of thioether (sulfide) groups is 1. The molecule has 2 aromatic rings. The SMILES string of the molecule is CNc1ncccc1CSc1ccc2c(c1)OCCCO2. The van der Waals surface area contributed by atoms with E-state index in [2.05, 4.69) is 28.5 Å². The van der Waals surface area contributed by atoms with Crippen molar-refractivity contribution in [3.8, 4) is 11.5 Å². The molecule has 0 atom stereocenters. The van der Waals surface area contributed by atoms with Crippen LogP contribution in [0.2, 0.25) is 0 Å². The van der Waals surface area contributed by atoms with Crippen molar-refractivity contribution in [1.29, 1.82) is 0 Å². The van der Waals surface area contributed by atoms with E-state index >= 15 is 0 Å². The Balaban J connectivity index is 1.72. The lowest BCUT2D eigenvalue weighted by Gasteiger charge is -2.10. The zero-order valence-electron chi connectivity index (χ0n) is 12.0. The summed E-state index contributed by atoms with van der Waals surface area (Å²) in [5, 5.41) is 3.12. The van der Waals surface area contributed by atoms with E-state index in [-0.39, 0.29) is 0 Å². The Morgan fingerprint density at radius 1 is 1.19 bits per heavy atom. The van der Waals surface area contributed by atoms with Crippen molar-refractivity contribution in [2.45, 2.75) is 17.1 Å². The highest BCUT2D eigenvalue weighted by Crippen LogP contribution is 2.35. The van der Waals surface area contributed by atoms with Gasteiger partial charge in [0.15, 0.2) is 11.5 Å². The molecule has 0 amide bonds. The van der Waals surface area contributed by atoms with E-state index in [0.717, 1.165) is 36.1 Å². The van der Waals surface area contributed by atoms with E-state index in [1.54, 1.807) is 18.0 Å². The average Bonchev–Trinajstić information content (AvgIpc) is 2.78. The first-order chi connectivity index (χ1) is 10.4. The van der Waals surface area contributed by atoms with Crippen LogP contribution in [-0.4, -0.2) is 25.2 Å². The van der Waals surface area contributed by atoms with Crippen LogP contribution in [0.5, 0.6) is 11.5 Å². The van der Waals surface area contributed by atoms with Gasteiger partial charge in [0.05, 0.1) is 13.2 Å². The maximum Gasteiger partial charge on any atom is 0.162 e. The summed E-state index contributed by atoms with van der Waals surface area (Å²) in [6.45, 7) is 1.44. The minimum absolute atomic E-state index is 0.716. The average molecular weight is 302 g/mol. The van der Waals surface area contributed by atoms with Crippen LogP contribution >= 0.6 is 11.8 Å². The maximum absolute atomic E-state index is 5.72. The summed E-state index contributed by atoms with van der Waals surface area (Å²) in [7, 11) is 1.89. The maximum atomic E-state index is 5.72. The van der Waals surface area contributed by atoms with E-state index < -0.39 is 0 Å². The summed E-state index contributed by atoms with van der Waals surface area (Å²) in [5.74, 6) is 3.48. The number of ether oxygens (including phenoxy) is 2. The highest BCUT2D eigenvalue weighted by Gasteiger charge is 2.11. The Morgan fingerprint density at radius 2 is 2.05 bits per heavy atom. The first-order valence-corrected chi connectivity index (χ1v) is 7.99. The molecule has 2 heterocycles. The van der Waals surface area contributed by atoms with Gasteiger partial charge in [-0.05, 0) is 24.3 Å². The van der Waals surface area contributed by atoms with Crippen molar-refractivity contribution in [3.05, 3.63) is 42.1 Å². The molecule has 3 rings (SSSR count). The molecular weight excluding hydrogens is 284 g/mol. The number of nitrogens with one attached hydrogen (secondary N) is 1. The number of nitrogens with zero attached hydrogens (tertiary/aromatic N) is 1. The fourth-order valence-electron chi connectivity index (χ4n) is 2.17. The van der Waals surface area contributed by atoms with Crippen LogP contribution in [0.4, 0.5) is 5.82 Å². The largest absolute Gasteiger partial charge is 0.490 e. The van der Waals surface area contributed by atoms with Gasteiger partial charge in [0.25, 0.3) is 0 Å². The standard InChI is InChI=1S/C16H18N2O2S/c1-17-16-12(4-2-7-18-16)11-21-13-5-6-14-15(10-13)20-9-3-8-19-14/h2,4-7,10H,3,8-9,11H2,1H3,(H,17,18). The van der Waals surface area contributed by atoms with E-state index in [9.17, 15) is 0 Å². The van der Waals surface area contributed by atoms with Crippen molar-refractivity contribution in [1.82, 2.24) is 4.98 Å². The molecule has 0 bridgehead atoms. The number of pyridine rings is 1. The number of hydrogen-bond donors (Lipinski definition) is 1. The van der Waals surface area contributed by atoms with E-state index in [0.29, 0.717) is 6.61 Å². The molecule has 0 saturated carbocycles. The quantitative estimate of drug-likeness (QED) is 0.875. The summed E-state index contributed by atoms with van der Waals surface area (Å²) in [6, 6.07) is 10.2. The highest BCUT2D eigenvalue weighted by molar-refractivity contribution is 7.98. The first-order valence-electron chi connectivity index (χ1n) is 7.01. The minimum Gasteiger partial charge on any atom is -0.490 e. The molecule has 1 N–H and O–H groups in total. The Bertz CT molecular complexity index is 619. The number of rotatable bonds is 4. The molecular formula is C16H18N2O2S. The van der Waals surface area contributed by atoms with Gasteiger partial charge in [0, 0.05) is 35.9 Å². The second-order valence-corrected chi connectivity index (χ2v) is 5.76. The van der Waals surface area contributed by atoms with Crippen molar-refractivity contribution >= 4 is 17.6 Å². The molecule has 0 radical (unpaired) electrons. The Kier molecular flexibility index (Phi) is 4.50. The van der Waals surface area contributed by atoms with Crippen molar-refractivity contribution < 1.29 is 9.47 Å². The zero-order chi connectivity index (χ0) is 14.5. The summed E-state index contributed by atoms with van der Waals surface area (Å²) < 4.78 is 11.4. The summed E-state index contributed by atoms with van der Waals surface area (Å²) in [6.07, 6.45) is 2.73. The molecule has 0 unspecified atom stereocenters. The van der Waals surface area contributed by atoms with Crippen LogP contribution in [0.15, 0.2) is 41.4 Å². The minimum atomic E-state index is 0.716. The van der Waals surface area contributed by atoms with E-state index in [4.69, 9.17) is 9.47 Å². The predicted molar refractivity (Wildman–Crippen MR) is 85.4 cm³/mol. The van der Waals surface area contributed by atoms with Gasteiger partial charge in [-0.1, -0.05) is 6.07 Å². The summed E-state index contributed by atoms with van der Waals surface area (Å²) in [4.78, 5) is 5.49. The fourth-order valence-corrected chi connectivity index (χ4v) is 3.08. The van der Waals surface area contributed by atoms with Gasteiger partial charge in [-0.2, -0.15) is 0 Å². The van der Waals surface area contributed by atoms with E-state index in [1.165, 1.54) is 10.5 Å². The summed E-state index contributed by atoms with van der Waals surface area (Å²) >= 11 is 1.77. The predicted octanol–water partition coefficient (Wildman–Crippen LogP) is 3.58. The van der Waals surface area contributed by atoms with Crippen LogP contribution < -0.4 is 14.8 Å². The third-order valence-electron chi connectivity index (χ3n) is 3.24.